The summed E-state index contributed by atoms with van der Waals surface area (Å²) in [6.45, 7) is 4.81. The van der Waals surface area contributed by atoms with Gasteiger partial charge in [-0.15, -0.1) is 0 Å². The Labute approximate surface area is 124 Å². The lowest BCUT2D eigenvalue weighted by atomic mass is 9.96. The molecule has 1 aliphatic heterocycles. The Morgan fingerprint density at radius 1 is 1.33 bits per heavy atom. The van der Waals surface area contributed by atoms with Crippen LogP contribution in [0.25, 0.3) is 0 Å². The van der Waals surface area contributed by atoms with Crippen molar-refractivity contribution in [2.24, 2.45) is 5.92 Å². The maximum absolute atomic E-state index is 11.9. The van der Waals surface area contributed by atoms with Crippen molar-refractivity contribution in [1.82, 2.24) is 9.80 Å². The zero-order valence-electron chi connectivity index (χ0n) is 12.9. The van der Waals surface area contributed by atoms with Crippen molar-refractivity contribution < 1.29 is 23.0 Å². The molecule has 1 fully saturated rings. The first kappa shape index (κ1) is 18.7. The van der Waals surface area contributed by atoms with E-state index < -0.39 is 12.8 Å². The fraction of sp³-hybridized carbons (Fsp3) is 1.00. The van der Waals surface area contributed by atoms with E-state index in [2.05, 4.69) is 9.64 Å². The van der Waals surface area contributed by atoms with E-state index in [4.69, 9.17) is 0 Å². The van der Waals surface area contributed by atoms with Crippen LogP contribution in [0, 0.1) is 5.92 Å². The van der Waals surface area contributed by atoms with Crippen molar-refractivity contribution in [2.45, 2.75) is 32.0 Å². The number of halogens is 3. The van der Waals surface area contributed by atoms with E-state index in [1.165, 1.54) is 0 Å². The number of likely N-dealkylation sites (N-methyl/N-ethyl adjacent to an activating group) is 1. The van der Waals surface area contributed by atoms with Gasteiger partial charge in [-0.05, 0) is 45.8 Å². The molecule has 0 aliphatic carbocycles. The summed E-state index contributed by atoms with van der Waals surface area (Å²) in [7, 11) is 1.92. The molecular formula is C14H27F3N2O2. The fourth-order valence-corrected chi connectivity index (χ4v) is 2.67. The molecular weight excluding hydrogens is 285 g/mol. The van der Waals surface area contributed by atoms with E-state index in [1.807, 2.05) is 11.9 Å². The molecule has 7 heteroatoms. The van der Waals surface area contributed by atoms with Crippen molar-refractivity contribution in [2.75, 3.05) is 53.0 Å². The summed E-state index contributed by atoms with van der Waals surface area (Å²) in [4.78, 5) is 4.29. The van der Waals surface area contributed by atoms with Crippen LogP contribution in [0.4, 0.5) is 13.2 Å². The smallest absolute Gasteiger partial charge is 0.392 e. The van der Waals surface area contributed by atoms with Crippen molar-refractivity contribution in [3.8, 4) is 0 Å². The molecule has 1 saturated heterocycles. The normalized spacial score (nSPS) is 20.1. The molecule has 126 valence electrons. The van der Waals surface area contributed by atoms with Gasteiger partial charge in [0.15, 0.2) is 0 Å². The number of aliphatic hydroxyl groups is 1. The molecule has 1 heterocycles. The summed E-state index contributed by atoms with van der Waals surface area (Å²) in [5, 5.41) is 9.35. The number of hydrogen-bond acceptors (Lipinski definition) is 4. The van der Waals surface area contributed by atoms with Gasteiger partial charge in [-0.2, -0.15) is 13.2 Å². The van der Waals surface area contributed by atoms with Gasteiger partial charge in [0.2, 0.25) is 0 Å². The standard InChI is InChI=1S/C14H27F3N2O2/c1-12(20)9-19-5-3-13(4-6-19)10-18(2)7-8-21-11-14(15,16)17/h12-13,20H,3-11H2,1-2H3/t12-/m0/s1. The van der Waals surface area contributed by atoms with E-state index in [-0.39, 0.29) is 12.7 Å². The van der Waals surface area contributed by atoms with Crippen LogP contribution in [0.15, 0.2) is 0 Å². The topological polar surface area (TPSA) is 35.9 Å². The quantitative estimate of drug-likeness (QED) is 0.691. The van der Waals surface area contributed by atoms with Crippen molar-refractivity contribution in [3.63, 3.8) is 0 Å². The molecule has 0 saturated carbocycles. The van der Waals surface area contributed by atoms with Crippen LogP contribution in [0.5, 0.6) is 0 Å². The summed E-state index contributed by atoms with van der Waals surface area (Å²) in [6.07, 6.45) is -2.40. The molecule has 0 amide bonds. The predicted molar refractivity (Wildman–Crippen MR) is 75.2 cm³/mol. The van der Waals surface area contributed by atoms with Gasteiger partial charge in [-0.1, -0.05) is 0 Å². The van der Waals surface area contributed by atoms with Gasteiger partial charge < -0.3 is 19.6 Å². The Balaban J connectivity index is 2.09. The summed E-state index contributed by atoms with van der Waals surface area (Å²) in [5.41, 5.74) is 0. The minimum Gasteiger partial charge on any atom is -0.392 e. The molecule has 21 heavy (non-hydrogen) atoms. The Hall–Kier alpha value is -0.370. The summed E-state index contributed by atoms with van der Waals surface area (Å²) in [5.74, 6) is 0.572. The third kappa shape index (κ3) is 9.29. The monoisotopic (exact) mass is 312 g/mol. The maximum Gasteiger partial charge on any atom is 0.411 e. The number of nitrogens with zero attached hydrogens (tertiary/aromatic N) is 2. The fourth-order valence-electron chi connectivity index (χ4n) is 2.67. The van der Waals surface area contributed by atoms with Gasteiger partial charge in [-0.25, -0.2) is 0 Å². The molecule has 0 aromatic rings. The number of hydrogen-bond donors (Lipinski definition) is 1. The average Bonchev–Trinajstić information content (AvgIpc) is 2.35. The van der Waals surface area contributed by atoms with Crippen molar-refractivity contribution in [1.29, 1.82) is 0 Å². The van der Waals surface area contributed by atoms with E-state index in [1.54, 1.807) is 6.92 Å². The second kappa shape index (κ2) is 8.92. The van der Waals surface area contributed by atoms with Crippen molar-refractivity contribution >= 4 is 0 Å². The van der Waals surface area contributed by atoms with E-state index in [9.17, 15) is 18.3 Å². The number of piperidine rings is 1. The van der Waals surface area contributed by atoms with Gasteiger partial charge in [-0.3, -0.25) is 0 Å². The van der Waals surface area contributed by atoms with Gasteiger partial charge in [0.05, 0.1) is 12.7 Å². The number of rotatable bonds is 8. The number of alkyl halides is 3. The van der Waals surface area contributed by atoms with Gasteiger partial charge >= 0.3 is 6.18 Å². The number of β-amino-alcohol motifs (C(OH)–C–C–N with tert-alkyl or cyclic N) is 1. The molecule has 1 atom stereocenters. The SMILES string of the molecule is C[C@H](O)CN1CCC(CN(C)CCOCC(F)(F)F)CC1. The second-order valence-electron chi connectivity index (χ2n) is 6.02. The van der Waals surface area contributed by atoms with E-state index in [0.717, 1.165) is 32.5 Å². The van der Waals surface area contributed by atoms with Crippen LogP contribution in [-0.2, 0) is 4.74 Å². The molecule has 0 unspecified atom stereocenters. The highest BCUT2D eigenvalue weighted by molar-refractivity contribution is 4.75. The minimum atomic E-state index is -4.24. The zero-order chi connectivity index (χ0) is 15.9. The molecule has 1 rings (SSSR count). The largest absolute Gasteiger partial charge is 0.411 e. The lowest BCUT2D eigenvalue weighted by Gasteiger charge is -2.34. The van der Waals surface area contributed by atoms with Crippen LogP contribution < -0.4 is 0 Å². The second-order valence-corrected chi connectivity index (χ2v) is 6.02. The Bertz CT molecular complexity index is 280. The minimum absolute atomic E-state index is 0.108. The molecule has 0 spiro atoms. The molecule has 0 aromatic heterocycles. The van der Waals surface area contributed by atoms with Gasteiger partial charge in [0, 0.05) is 19.6 Å². The molecule has 1 N–H and O–H groups in total. The van der Waals surface area contributed by atoms with Crippen LogP contribution in [-0.4, -0.2) is 80.2 Å². The molecule has 4 nitrogen and oxygen atoms in total. The zero-order valence-corrected chi connectivity index (χ0v) is 12.9. The first-order chi connectivity index (χ1) is 9.76. The first-order valence-corrected chi connectivity index (χ1v) is 7.49. The third-order valence-electron chi connectivity index (χ3n) is 3.68. The van der Waals surface area contributed by atoms with Crippen LogP contribution in [0.1, 0.15) is 19.8 Å². The van der Waals surface area contributed by atoms with Crippen LogP contribution in [0.2, 0.25) is 0 Å². The predicted octanol–water partition coefficient (Wildman–Crippen LogP) is 1.59. The highest BCUT2D eigenvalue weighted by Crippen LogP contribution is 2.18. The Kier molecular flexibility index (Phi) is 7.94. The molecule has 0 aromatic carbocycles. The van der Waals surface area contributed by atoms with Crippen LogP contribution in [0.3, 0.4) is 0 Å². The Morgan fingerprint density at radius 3 is 2.48 bits per heavy atom. The number of aliphatic hydroxyl groups excluding tert-OH is 1. The maximum atomic E-state index is 11.9. The lowest BCUT2D eigenvalue weighted by Crippen LogP contribution is -2.41. The summed E-state index contributed by atoms with van der Waals surface area (Å²) in [6, 6.07) is 0. The molecule has 0 radical (unpaired) electrons. The van der Waals surface area contributed by atoms with E-state index in [0.29, 0.717) is 19.0 Å². The first-order valence-electron chi connectivity index (χ1n) is 7.49. The Morgan fingerprint density at radius 2 is 1.95 bits per heavy atom. The van der Waals surface area contributed by atoms with Crippen LogP contribution >= 0.6 is 0 Å². The lowest BCUT2D eigenvalue weighted by molar-refractivity contribution is -0.174. The number of ether oxygens (including phenoxy) is 1. The average molecular weight is 312 g/mol. The highest BCUT2D eigenvalue weighted by atomic mass is 19.4. The van der Waals surface area contributed by atoms with Crippen molar-refractivity contribution in [3.05, 3.63) is 0 Å². The highest BCUT2D eigenvalue weighted by Gasteiger charge is 2.27. The van der Waals surface area contributed by atoms with E-state index >= 15 is 0 Å². The number of likely N-dealkylation sites (tertiary alicyclic amines) is 1. The third-order valence-corrected chi connectivity index (χ3v) is 3.68. The van der Waals surface area contributed by atoms with Gasteiger partial charge in [0.25, 0.3) is 0 Å². The molecule has 0 bridgehead atoms. The summed E-state index contributed by atoms with van der Waals surface area (Å²) >= 11 is 0. The molecule has 1 aliphatic rings. The van der Waals surface area contributed by atoms with Gasteiger partial charge in [0.1, 0.15) is 6.61 Å². The summed E-state index contributed by atoms with van der Waals surface area (Å²) < 4.78 is 40.4.